The molecule has 0 radical (unpaired) electrons. The number of rotatable bonds is 3. The van der Waals surface area contributed by atoms with Crippen LogP contribution in [-0.2, 0) is 9.59 Å². The largest absolute Gasteiger partial charge is 0.478 e. The molecule has 0 spiro atoms. The molecule has 0 fully saturated rings. The molecule has 134 valence electrons. The smallest absolute Gasteiger partial charge is 0.337 e. The topological polar surface area (TPSA) is 120 Å². The van der Waals surface area contributed by atoms with Gasteiger partial charge in [-0.15, -0.1) is 0 Å². The fourth-order valence-electron chi connectivity index (χ4n) is 2.59. The van der Waals surface area contributed by atoms with Crippen molar-refractivity contribution in [3.63, 3.8) is 0 Å². The Bertz CT molecular complexity index is 1100. The highest BCUT2D eigenvalue weighted by Gasteiger charge is 2.27. The van der Waals surface area contributed by atoms with Crippen molar-refractivity contribution in [2.75, 3.05) is 0 Å². The predicted molar refractivity (Wildman–Crippen MR) is 95.6 cm³/mol. The number of hydrogen-bond acceptors (Lipinski definition) is 5. The number of amides is 2. The minimum atomic E-state index is -1.16. The zero-order valence-corrected chi connectivity index (χ0v) is 14.6. The van der Waals surface area contributed by atoms with Crippen LogP contribution in [0.25, 0.3) is 17.4 Å². The Morgan fingerprint density at radius 2 is 2.00 bits per heavy atom. The van der Waals surface area contributed by atoms with Crippen LogP contribution in [0.15, 0.2) is 51.5 Å². The minimum absolute atomic E-state index is 0.0620. The average molecular weight is 383 g/mol. The van der Waals surface area contributed by atoms with Crippen molar-refractivity contribution < 1.29 is 23.9 Å². The van der Waals surface area contributed by atoms with Gasteiger partial charge in [0.15, 0.2) is 0 Å². The van der Waals surface area contributed by atoms with Gasteiger partial charge in [0.2, 0.25) is 0 Å². The molecule has 0 aliphatic carbocycles. The molecule has 2 heterocycles. The van der Waals surface area contributed by atoms with Crippen molar-refractivity contribution in [3.8, 4) is 17.4 Å². The first kappa shape index (κ1) is 18.2. The molecule has 0 saturated carbocycles. The maximum absolute atomic E-state index is 12.0. The van der Waals surface area contributed by atoms with Crippen LogP contribution >= 0.6 is 11.6 Å². The molecule has 8 heteroatoms. The second kappa shape index (κ2) is 6.94. The van der Waals surface area contributed by atoms with E-state index in [9.17, 15) is 14.4 Å². The standard InChI is InChI=1S/C19H11ClN2O5/c1-9-12(17(23)22-18(24)14(9)8-21)7-11-3-5-16(27-11)10-2-4-15(20)13(6-10)19(25)26/h2-7H,1H3,(H,25,26)(H,22,23,24). The van der Waals surface area contributed by atoms with E-state index >= 15 is 0 Å². The van der Waals surface area contributed by atoms with E-state index in [-0.39, 0.29) is 27.3 Å². The third kappa shape index (κ3) is 3.38. The summed E-state index contributed by atoms with van der Waals surface area (Å²) < 4.78 is 5.66. The van der Waals surface area contributed by atoms with Crippen molar-refractivity contribution in [3.05, 3.63) is 63.4 Å². The third-order valence-corrected chi connectivity index (χ3v) is 4.31. The van der Waals surface area contributed by atoms with Gasteiger partial charge in [-0.1, -0.05) is 11.6 Å². The van der Waals surface area contributed by atoms with Crippen molar-refractivity contribution in [1.29, 1.82) is 5.26 Å². The monoisotopic (exact) mass is 382 g/mol. The van der Waals surface area contributed by atoms with Crippen LogP contribution in [0.2, 0.25) is 5.02 Å². The second-order valence-electron chi connectivity index (χ2n) is 5.65. The molecule has 1 aliphatic rings. The Morgan fingerprint density at radius 1 is 1.26 bits per heavy atom. The highest BCUT2D eigenvalue weighted by molar-refractivity contribution is 6.33. The van der Waals surface area contributed by atoms with Crippen LogP contribution in [0.5, 0.6) is 0 Å². The van der Waals surface area contributed by atoms with Gasteiger partial charge in [0, 0.05) is 11.1 Å². The van der Waals surface area contributed by atoms with E-state index in [2.05, 4.69) is 5.32 Å². The molecular formula is C19H11ClN2O5. The van der Waals surface area contributed by atoms with Crippen LogP contribution in [0.1, 0.15) is 23.0 Å². The Hall–Kier alpha value is -3.63. The summed E-state index contributed by atoms with van der Waals surface area (Å²) >= 11 is 5.86. The molecule has 2 amide bonds. The molecule has 1 aromatic carbocycles. The van der Waals surface area contributed by atoms with Gasteiger partial charge in [-0.05, 0) is 48.9 Å². The number of carboxylic acids is 1. The molecule has 0 saturated heterocycles. The number of nitrogens with zero attached hydrogens (tertiary/aromatic N) is 1. The number of carbonyl (C=O) groups is 3. The fourth-order valence-corrected chi connectivity index (χ4v) is 2.79. The van der Waals surface area contributed by atoms with Crippen LogP contribution in [0, 0.1) is 11.3 Å². The van der Waals surface area contributed by atoms with Gasteiger partial charge in [0.1, 0.15) is 23.2 Å². The Morgan fingerprint density at radius 3 is 2.67 bits per heavy atom. The quantitative estimate of drug-likeness (QED) is 0.621. The molecular weight excluding hydrogens is 372 g/mol. The number of halogens is 1. The van der Waals surface area contributed by atoms with E-state index in [1.807, 2.05) is 0 Å². The van der Waals surface area contributed by atoms with Gasteiger partial charge in [-0.25, -0.2) is 4.79 Å². The summed E-state index contributed by atoms with van der Waals surface area (Å²) in [6, 6.07) is 9.40. The first-order valence-electron chi connectivity index (χ1n) is 7.63. The number of benzene rings is 1. The highest BCUT2D eigenvalue weighted by atomic mass is 35.5. The van der Waals surface area contributed by atoms with Gasteiger partial charge in [0.25, 0.3) is 11.8 Å². The van der Waals surface area contributed by atoms with Crippen molar-refractivity contribution in [2.24, 2.45) is 0 Å². The van der Waals surface area contributed by atoms with E-state index in [4.69, 9.17) is 26.4 Å². The highest BCUT2D eigenvalue weighted by Crippen LogP contribution is 2.29. The number of furan rings is 1. The summed E-state index contributed by atoms with van der Waals surface area (Å²) in [5.74, 6) is -1.86. The molecule has 1 aliphatic heterocycles. The SMILES string of the molecule is CC1=C(C#N)C(=O)NC(=O)C1=Cc1ccc(-c2ccc(Cl)c(C(=O)O)c2)o1. The van der Waals surface area contributed by atoms with Gasteiger partial charge in [0.05, 0.1) is 10.6 Å². The van der Waals surface area contributed by atoms with E-state index in [1.165, 1.54) is 25.1 Å². The maximum atomic E-state index is 12.0. The number of carbonyl (C=O) groups excluding carboxylic acids is 2. The molecule has 0 bridgehead atoms. The molecule has 3 rings (SSSR count). The Balaban J connectivity index is 2.01. The molecule has 27 heavy (non-hydrogen) atoms. The van der Waals surface area contributed by atoms with Crippen molar-refractivity contribution in [1.82, 2.24) is 5.32 Å². The first-order chi connectivity index (χ1) is 12.8. The lowest BCUT2D eigenvalue weighted by Gasteiger charge is -2.15. The number of nitrogens with one attached hydrogen (secondary N) is 1. The maximum Gasteiger partial charge on any atom is 0.337 e. The third-order valence-electron chi connectivity index (χ3n) is 3.98. The summed E-state index contributed by atoms with van der Waals surface area (Å²) in [4.78, 5) is 34.9. The van der Waals surface area contributed by atoms with Gasteiger partial charge in [-0.2, -0.15) is 5.26 Å². The normalized spacial score (nSPS) is 15.7. The summed E-state index contributed by atoms with van der Waals surface area (Å²) in [5, 5.41) is 20.4. The van der Waals surface area contributed by atoms with Gasteiger partial charge in [-0.3, -0.25) is 14.9 Å². The minimum Gasteiger partial charge on any atom is -0.478 e. The molecule has 0 atom stereocenters. The summed E-state index contributed by atoms with van der Waals surface area (Å²) in [5.41, 5.74) is 0.678. The molecule has 0 unspecified atom stereocenters. The predicted octanol–water partition coefficient (Wildman–Crippen LogP) is 3.18. The lowest BCUT2D eigenvalue weighted by atomic mass is 9.96. The van der Waals surface area contributed by atoms with E-state index in [0.29, 0.717) is 17.1 Å². The molecule has 7 nitrogen and oxygen atoms in total. The lowest BCUT2D eigenvalue weighted by molar-refractivity contribution is -0.126. The average Bonchev–Trinajstić information content (AvgIpc) is 3.07. The summed E-state index contributed by atoms with van der Waals surface area (Å²) in [6.45, 7) is 1.50. The Kier molecular flexibility index (Phi) is 4.67. The van der Waals surface area contributed by atoms with Crippen molar-refractivity contribution >= 4 is 35.5 Å². The Labute approximate surface area is 158 Å². The first-order valence-corrected chi connectivity index (χ1v) is 8.01. The van der Waals surface area contributed by atoms with Crippen LogP contribution in [0.3, 0.4) is 0 Å². The number of aromatic carboxylic acids is 1. The fraction of sp³-hybridized carbons (Fsp3) is 0.0526. The summed E-state index contributed by atoms with van der Waals surface area (Å²) in [6.07, 6.45) is 1.41. The number of imide groups is 1. The zero-order valence-electron chi connectivity index (χ0n) is 13.9. The summed E-state index contributed by atoms with van der Waals surface area (Å²) in [7, 11) is 0. The van der Waals surface area contributed by atoms with E-state index in [0.717, 1.165) is 0 Å². The van der Waals surface area contributed by atoms with Crippen LogP contribution in [0.4, 0.5) is 0 Å². The molecule has 2 aromatic rings. The lowest BCUT2D eigenvalue weighted by Crippen LogP contribution is -2.37. The van der Waals surface area contributed by atoms with Crippen molar-refractivity contribution in [2.45, 2.75) is 6.92 Å². The van der Waals surface area contributed by atoms with Crippen LogP contribution in [-0.4, -0.2) is 22.9 Å². The van der Waals surface area contributed by atoms with Crippen LogP contribution < -0.4 is 5.32 Å². The van der Waals surface area contributed by atoms with Gasteiger partial charge >= 0.3 is 5.97 Å². The zero-order chi connectivity index (χ0) is 19.7. The van der Waals surface area contributed by atoms with Gasteiger partial charge < -0.3 is 9.52 Å². The number of hydrogen-bond donors (Lipinski definition) is 2. The number of carboxylic acid groups (broad SMARTS) is 1. The second-order valence-corrected chi connectivity index (χ2v) is 6.06. The molecule has 1 aromatic heterocycles. The van der Waals surface area contributed by atoms with E-state index in [1.54, 1.807) is 24.3 Å². The number of nitriles is 1. The molecule has 2 N–H and O–H groups in total. The van der Waals surface area contributed by atoms with E-state index < -0.39 is 17.8 Å².